The standard InChI is InChI=1S/C30H28N6O3/c31-29(38)27-2-1-15-36(27)23-10-3-19(4-11-23)28-25-12-7-21(18-26(25)33-34-28)32-30(39)20-5-8-22(9-6-20)35-16-13-24(37)14-17-35/h1-12,15,18,24,37H,13-14,16-17H2,(H2,31,38)(H,32,39)(H,33,34). The van der Waals surface area contributed by atoms with E-state index < -0.39 is 5.91 Å². The first-order valence-corrected chi connectivity index (χ1v) is 12.9. The number of aliphatic hydroxyl groups is 1. The number of carbonyl (C=O) groups is 2. The van der Waals surface area contributed by atoms with Gasteiger partial charge in [-0.2, -0.15) is 5.10 Å². The van der Waals surface area contributed by atoms with Gasteiger partial charge in [0.25, 0.3) is 11.8 Å². The van der Waals surface area contributed by atoms with Crippen molar-refractivity contribution in [1.82, 2.24) is 14.8 Å². The van der Waals surface area contributed by atoms with E-state index in [0.717, 1.165) is 59.5 Å². The number of anilines is 2. The predicted octanol–water partition coefficient (Wildman–Crippen LogP) is 4.33. The van der Waals surface area contributed by atoms with Crippen LogP contribution in [-0.2, 0) is 0 Å². The molecule has 3 heterocycles. The summed E-state index contributed by atoms with van der Waals surface area (Å²) in [5.74, 6) is -0.674. The molecule has 3 aromatic carbocycles. The molecule has 5 N–H and O–H groups in total. The number of primary amides is 1. The molecule has 1 aliphatic heterocycles. The highest BCUT2D eigenvalue weighted by molar-refractivity contribution is 6.06. The zero-order valence-electron chi connectivity index (χ0n) is 21.2. The third-order valence-electron chi connectivity index (χ3n) is 7.20. The lowest BCUT2D eigenvalue weighted by Crippen LogP contribution is -2.35. The monoisotopic (exact) mass is 520 g/mol. The number of carbonyl (C=O) groups excluding carboxylic acids is 2. The van der Waals surface area contributed by atoms with Crippen LogP contribution >= 0.6 is 0 Å². The SMILES string of the molecule is NC(=O)c1cccn1-c1ccc(-c2n[nH]c3cc(NC(=O)c4ccc(N5CCC(O)CC5)cc4)ccc23)cc1. The third-order valence-corrected chi connectivity index (χ3v) is 7.20. The molecule has 5 aromatic rings. The molecule has 1 aliphatic rings. The van der Waals surface area contributed by atoms with Crippen molar-refractivity contribution in [2.75, 3.05) is 23.3 Å². The number of benzene rings is 3. The minimum atomic E-state index is -0.485. The van der Waals surface area contributed by atoms with Gasteiger partial charge in [0.1, 0.15) is 5.69 Å². The van der Waals surface area contributed by atoms with Crippen LogP contribution in [0.15, 0.2) is 85.1 Å². The van der Waals surface area contributed by atoms with Gasteiger partial charge in [-0.3, -0.25) is 14.7 Å². The summed E-state index contributed by atoms with van der Waals surface area (Å²) in [5.41, 5.74) is 11.5. The molecule has 2 aromatic heterocycles. The van der Waals surface area contributed by atoms with Crippen molar-refractivity contribution in [2.24, 2.45) is 5.73 Å². The van der Waals surface area contributed by atoms with E-state index in [-0.39, 0.29) is 12.0 Å². The summed E-state index contributed by atoms with van der Waals surface area (Å²) in [4.78, 5) is 26.8. The Kier molecular flexibility index (Phi) is 6.34. The van der Waals surface area contributed by atoms with E-state index in [1.165, 1.54) is 0 Å². The molecule has 6 rings (SSSR count). The first kappa shape index (κ1) is 24.4. The average Bonchev–Trinajstić information content (AvgIpc) is 3.61. The zero-order valence-corrected chi connectivity index (χ0v) is 21.2. The summed E-state index contributed by atoms with van der Waals surface area (Å²) in [6.07, 6.45) is 3.10. The summed E-state index contributed by atoms with van der Waals surface area (Å²) in [6, 6.07) is 24.4. The van der Waals surface area contributed by atoms with Crippen molar-refractivity contribution < 1.29 is 14.7 Å². The summed E-state index contributed by atoms with van der Waals surface area (Å²) in [7, 11) is 0. The Morgan fingerprint density at radius 2 is 1.67 bits per heavy atom. The molecule has 39 heavy (non-hydrogen) atoms. The molecule has 0 spiro atoms. The molecular formula is C30H28N6O3. The van der Waals surface area contributed by atoms with Crippen molar-refractivity contribution in [3.63, 3.8) is 0 Å². The Hall–Kier alpha value is -4.89. The number of fused-ring (bicyclic) bond motifs is 1. The number of rotatable bonds is 6. The van der Waals surface area contributed by atoms with Crippen LogP contribution in [-0.4, -0.2) is 50.9 Å². The van der Waals surface area contributed by atoms with Gasteiger partial charge < -0.3 is 25.6 Å². The number of amides is 2. The highest BCUT2D eigenvalue weighted by atomic mass is 16.3. The van der Waals surface area contributed by atoms with Gasteiger partial charge in [-0.1, -0.05) is 12.1 Å². The molecule has 0 saturated carbocycles. The number of nitrogens with two attached hydrogens (primary N) is 1. The maximum Gasteiger partial charge on any atom is 0.265 e. The zero-order chi connectivity index (χ0) is 26.9. The highest BCUT2D eigenvalue weighted by Crippen LogP contribution is 2.29. The minimum Gasteiger partial charge on any atom is -0.393 e. The second-order valence-corrected chi connectivity index (χ2v) is 9.73. The van der Waals surface area contributed by atoms with Crippen LogP contribution in [0.5, 0.6) is 0 Å². The Morgan fingerprint density at radius 1 is 0.949 bits per heavy atom. The van der Waals surface area contributed by atoms with Crippen molar-refractivity contribution in [3.05, 3.63) is 96.3 Å². The second-order valence-electron chi connectivity index (χ2n) is 9.73. The van der Waals surface area contributed by atoms with E-state index in [9.17, 15) is 14.7 Å². The van der Waals surface area contributed by atoms with E-state index in [0.29, 0.717) is 16.9 Å². The van der Waals surface area contributed by atoms with Gasteiger partial charge in [0.2, 0.25) is 0 Å². The van der Waals surface area contributed by atoms with Gasteiger partial charge in [0.05, 0.1) is 17.3 Å². The van der Waals surface area contributed by atoms with Crippen LogP contribution in [0, 0.1) is 0 Å². The molecule has 0 atom stereocenters. The van der Waals surface area contributed by atoms with Gasteiger partial charge >= 0.3 is 0 Å². The second kappa shape index (κ2) is 10.1. The molecule has 0 unspecified atom stereocenters. The Labute approximate surface area is 224 Å². The van der Waals surface area contributed by atoms with Crippen LogP contribution in [0.2, 0.25) is 0 Å². The normalized spacial score (nSPS) is 14.0. The number of aromatic amines is 1. The number of aromatic nitrogens is 3. The van der Waals surface area contributed by atoms with E-state index in [1.54, 1.807) is 22.9 Å². The fourth-order valence-electron chi connectivity index (χ4n) is 5.06. The van der Waals surface area contributed by atoms with Gasteiger partial charge in [-0.05, 0) is 79.6 Å². The summed E-state index contributed by atoms with van der Waals surface area (Å²) in [6.45, 7) is 1.62. The van der Waals surface area contributed by atoms with Crippen LogP contribution in [0.25, 0.3) is 27.8 Å². The molecule has 0 bridgehead atoms. The van der Waals surface area contributed by atoms with E-state index in [4.69, 9.17) is 5.73 Å². The number of hydrogen-bond acceptors (Lipinski definition) is 5. The van der Waals surface area contributed by atoms with E-state index in [2.05, 4.69) is 20.4 Å². The molecular weight excluding hydrogens is 492 g/mol. The highest BCUT2D eigenvalue weighted by Gasteiger charge is 2.18. The van der Waals surface area contributed by atoms with Crippen molar-refractivity contribution in [1.29, 1.82) is 0 Å². The lowest BCUT2D eigenvalue weighted by atomic mass is 10.1. The Morgan fingerprint density at radius 3 is 2.38 bits per heavy atom. The molecule has 0 aliphatic carbocycles. The van der Waals surface area contributed by atoms with Crippen LogP contribution in [0.3, 0.4) is 0 Å². The summed E-state index contributed by atoms with van der Waals surface area (Å²) in [5, 5.41) is 21.2. The van der Waals surface area contributed by atoms with Gasteiger partial charge in [-0.15, -0.1) is 0 Å². The Bertz CT molecular complexity index is 1640. The number of nitrogens with zero attached hydrogens (tertiary/aromatic N) is 3. The average molecular weight is 521 g/mol. The largest absolute Gasteiger partial charge is 0.393 e. The van der Waals surface area contributed by atoms with Crippen LogP contribution in [0.1, 0.15) is 33.7 Å². The molecule has 0 radical (unpaired) electrons. The Balaban J connectivity index is 1.16. The van der Waals surface area contributed by atoms with Crippen LogP contribution in [0.4, 0.5) is 11.4 Å². The summed E-state index contributed by atoms with van der Waals surface area (Å²) < 4.78 is 1.75. The third kappa shape index (κ3) is 4.87. The van der Waals surface area contributed by atoms with Crippen molar-refractivity contribution in [2.45, 2.75) is 18.9 Å². The number of nitrogens with one attached hydrogen (secondary N) is 2. The molecule has 2 amide bonds. The summed E-state index contributed by atoms with van der Waals surface area (Å²) >= 11 is 0. The van der Waals surface area contributed by atoms with Gasteiger partial charge in [0, 0.05) is 52.9 Å². The number of aliphatic hydroxyl groups excluding tert-OH is 1. The molecule has 1 saturated heterocycles. The fourth-order valence-corrected chi connectivity index (χ4v) is 5.06. The molecule has 1 fully saturated rings. The first-order valence-electron chi connectivity index (χ1n) is 12.9. The fraction of sp³-hybridized carbons (Fsp3) is 0.167. The lowest BCUT2D eigenvalue weighted by molar-refractivity contribution is 0.0991. The van der Waals surface area contributed by atoms with E-state index >= 15 is 0 Å². The quantitative estimate of drug-likeness (QED) is 0.265. The molecule has 9 nitrogen and oxygen atoms in total. The lowest BCUT2D eigenvalue weighted by Gasteiger charge is -2.31. The topological polar surface area (TPSA) is 129 Å². The number of hydrogen-bond donors (Lipinski definition) is 4. The minimum absolute atomic E-state index is 0.189. The molecule has 9 heteroatoms. The van der Waals surface area contributed by atoms with Gasteiger partial charge in [-0.25, -0.2) is 0 Å². The smallest absolute Gasteiger partial charge is 0.265 e. The van der Waals surface area contributed by atoms with E-state index in [1.807, 2.05) is 66.7 Å². The molecule has 196 valence electrons. The van der Waals surface area contributed by atoms with Crippen LogP contribution < -0.4 is 16.0 Å². The predicted molar refractivity (Wildman–Crippen MR) is 151 cm³/mol. The number of H-pyrrole nitrogens is 1. The maximum absolute atomic E-state index is 12.9. The van der Waals surface area contributed by atoms with Crippen molar-refractivity contribution >= 4 is 34.1 Å². The number of piperidine rings is 1. The first-order chi connectivity index (χ1) is 19.0. The van der Waals surface area contributed by atoms with Gasteiger partial charge in [0.15, 0.2) is 0 Å². The maximum atomic E-state index is 12.9. The van der Waals surface area contributed by atoms with Crippen molar-refractivity contribution in [3.8, 4) is 16.9 Å².